The van der Waals surface area contributed by atoms with Gasteiger partial charge in [0.05, 0.1) is 28.9 Å². The summed E-state index contributed by atoms with van der Waals surface area (Å²) in [6, 6.07) is 15.0. The number of carboxylic acid groups (broad SMARTS) is 1. The molecule has 41 heavy (non-hydrogen) atoms. The number of carbonyl (C=O) groups excluding carboxylic acids is 1. The summed E-state index contributed by atoms with van der Waals surface area (Å²) in [5.74, 6) is 5.21. The van der Waals surface area contributed by atoms with E-state index in [-0.39, 0.29) is 16.6 Å². The molecule has 1 unspecified atom stereocenters. The van der Waals surface area contributed by atoms with Gasteiger partial charge in [-0.3, -0.25) is 14.8 Å². The SMILES string of the molecule is CCOc1cc(C(C(=O)NS(=O)(=O)c2ccc(C(=O)O)cc2)N(N)c2ccc3cnccc3c2)ccc1OC(C)C. The molecule has 1 heterocycles. The number of rotatable bonds is 11. The number of aromatic nitrogens is 1. The Kier molecular flexibility index (Phi) is 8.74. The molecule has 1 aromatic heterocycles. The van der Waals surface area contributed by atoms with E-state index in [9.17, 15) is 18.0 Å². The normalized spacial score (nSPS) is 12.1. The number of amides is 1. The van der Waals surface area contributed by atoms with Crippen LogP contribution in [0.2, 0.25) is 0 Å². The molecule has 1 atom stereocenters. The van der Waals surface area contributed by atoms with Gasteiger partial charge in [0.2, 0.25) is 0 Å². The predicted molar refractivity (Wildman–Crippen MR) is 153 cm³/mol. The van der Waals surface area contributed by atoms with Crippen LogP contribution in [0.3, 0.4) is 0 Å². The molecule has 0 radical (unpaired) electrons. The van der Waals surface area contributed by atoms with E-state index in [2.05, 4.69) is 9.71 Å². The minimum atomic E-state index is -4.39. The van der Waals surface area contributed by atoms with Gasteiger partial charge in [-0.15, -0.1) is 0 Å². The third-order valence-electron chi connectivity index (χ3n) is 6.04. The Bertz CT molecular complexity index is 1670. The van der Waals surface area contributed by atoms with E-state index in [0.717, 1.165) is 35.0 Å². The lowest BCUT2D eigenvalue weighted by molar-refractivity contribution is -0.120. The van der Waals surface area contributed by atoms with E-state index in [4.69, 9.17) is 20.4 Å². The lowest BCUT2D eigenvalue weighted by Gasteiger charge is -2.29. The van der Waals surface area contributed by atoms with Crippen LogP contribution in [0.1, 0.15) is 42.7 Å². The largest absolute Gasteiger partial charge is 0.490 e. The van der Waals surface area contributed by atoms with Crippen molar-refractivity contribution in [1.29, 1.82) is 0 Å². The number of nitrogens with zero attached hydrogens (tertiary/aromatic N) is 2. The standard InChI is InChI=1S/C29H30N4O7S/c1-4-39-26-16-21(8-12-25(26)40-18(2)3)27(33(30)23-9-5-22-17-31-14-13-20(22)15-23)28(34)32-41(37,38)24-10-6-19(7-11-24)29(35)36/h5-18,27H,4,30H2,1-3H3,(H,32,34)(H,35,36). The Morgan fingerprint density at radius 2 is 1.73 bits per heavy atom. The number of benzene rings is 3. The Labute approximate surface area is 237 Å². The van der Waals surface area contributed by atoms with E-state index < -0.39 is 27.9 Å². The number of nitrogens with one attached hydrogen (secondary N) is 1. The first kappa shape index (κ1) is 29.3. The van der Waals surface area contributed by atoms with Gasteiger partial charge in [0.15, 0.2) is 11.5 Å². The van der Waals surface area contributed by atoms with Crippen LogP contribution in [0.15, 0.2) is 84.0 Å². The van der Waals surface area contributed by atoms with E-state index in [1.165, 1.54) is 5.01 Å². The molecular formula is C29H30N4O7S. The maximum absolute atomic E-state index is 13.7. The average Bonchev–Trinajstić information content (AvgIpc) is 2.94. The first-order valence-electron chi connectivity index (χ1n) is 12.7. The number of fused-ring (bicyclic) bond motifs is 1. The number of pyridine rings is 1. The highest BCUT2D eigenvalue weighted by Crippen LogP contribution is 2.35. The molecule has 0 fully saturated rings. The highest BCUT2D eigenvalue weighted by molar-refractivity contribution is 7.90. The van der Waals surface area contributed by atoms with Crippen molar-refractivity contribution >= 4 is 38.4 Å². The van der Waals surface area contributed by atoms with E-state index >= 15 is 0 Å². The summed E-state index contributed by atoms with van der Waals surface area (Å²) in [6.07, 6.45) is 3.17. The molecule has 12 heteroatoms. The first-order chi connectivity index (χ1) is 19.5. The van der Waals surface area contributed by atoms with Gasteiger partial charge in [-0.1, -0.05) is 12.1 Å². The molecule has 0 aliphatic rings. The number of hydrogen-bond acceptors (Lipinski definition) is 9. The quantitative estimate of drug-likeness (QED) is 0.175. The number of nitrogens with two attached hydrogens (primary N) is 1. The first-order valence-corrected chi connectivity index (χ1v) is 14.2. The fraction of sp³-hybridized carbons (Fsp3) is 0.207. The number of carboxylic acids is 1. The lowest BCUT2D eigenvalue weighted by atomic mass is 10.0. The van der Waals surface area contributed by atoms with Gasteiger partial charge < -0.3 is 14.6 Å². The number of sulfonamides is 1. The summed E-state index contributed by atoms with van der Waals surface area (Å²) in [5, 5.41) is 12.0. The van der Waals surface area contributed by atoms with Gasteiger partial charge in [-0.25, -0.2) is 23.8 Å². The van der Waals surface area contributed by atoms with Crippen molar-refractivity contribution in [3.05, 3.63) is 90.3 Å². The molecular weight excluding hydrogens is 548 g/mol. The van der Waals surface area contributed by atoms with Crippen LogP contribution in [0.25, 0.3) is 10.8 Å². The zero-order valence-electron chi connectivity index (χ0n) is 22.6. The second-order valence-corrected chi connectivity index (χ2v) is 11.0. The number of hydrazine groups is 1. The Balaban J connectivity index is 1.76. The van der Waals surface area contributed by atoms with Gasteiger partial charge >= 0.3 is 5.97 Å². The minimum absolute atomic E-state index is 0.0973. The number of carbonyl (C=O) groups is 2. The van der Waals surface area contributed by atoms with Crippen molar-refractivity contribution in [3.8, 4) is 11.5 Å². The second kappa shape index (κ2) is 12.2. The van der Waals surface area contributed by atoms with Crippen molar-refractivity contribution in [3.63, 3.8) is 0 Å². The maximum Gasteiger partial charge on any atom is 0.335 e. The Morgan fingerprint density at radius 3 is 2.39 bits per heavy atom. The smallest absolute Gasteiger partial charge is 0.335 e. The molecule has 0 aliphatic heterocycles. The zero-order chi connectivity index (χ0) is 29.7. The third kappa shape index (κ3) is 6.73. The number of hydrogen-bond donors (Lipinski definition) is 3. The molecule has 11 nitrogen and oxygen atoms in total. The molecule has 4 rings (SSSR count). The summed E-state index contributed by atoms with van der Waals surface area (Å²) in [6.45, 7) is 5.85. The maximum atomic E-state index is 13.7. The van der Waals surface area contributed by atoms with Gasteiger partial charge in [-0.2, -0.15) is 0 Å². The van der Waals surface area contributed by atoms with Crippen LogP contribution in [0.5, 0.6) is 11.5 Å². The summed E-state index contributed by atoms with van der Waals surface area (Å²) in [7, 11) is -4.39. The van der Waals surface area contributed by atoms with E-state index in [1.54, 1.807) is 61.8 Å². The van der Waals surface area contributed by atoms with E-state index in [1.807, 2.05) is 13.8 Å². The number of anilines is 1. The molecule has 4 N–H and O–H groups in total. The number of aromatic carboxylic acids is 1. The molecule has 3 aromatic carbocycles. The molecule has 214 valence electrons. The van der Waals surface area contributed by atoms with Crippen molar-refractivity contribution in [2.45, 2.75) is 37.8 Å². The van der Waals surface area contributed by atoms with Crippen LogP contribution < -0.4 is 25.0 Å². The van der Waals surface area contributed by atoms with Crippen LogP contribution in [-0.2, 0) is 14.8 Å². The Hall–Kier alpha value is -4.68. The third-order valence-corrected chi connectivity index (χ3v) is 7.40. The van der Waals surface area contributed by atoms with Gasteiger partial charge in [0.25, 0.3) is 15.9 Å². The molecule has 0 bridgehead atoms. The van der Waals surface area contributed by atoms with Crippen LogP contribution >= 0.6 is 0 Å². The van der Waals surface area contributed by atoms with Gasteiger partial charge in [0, 0.05) is 17.8 Å². The van der Waals surface area contributed by atoms with Crippen molar-refractivity contribution in [2.24, 2.45) is 5.84 Å². The van der Waals surface area contributed by atoms with Crippen molar-refractivity contribution in [1.82, 2.24) is 9.71 Å². The molecule has 0 saturated heterocycles. The minimum Gasteiger partial charge on any atom is -0.490 e. The van der Waals surface area contributed by atoms with Gasteiger partial charge in [-0.05, 0) is 86.3 Å². The summed E-state index contributed by atoms with van der Waals surface area (Å²) < 4.78 is 40.0. The number of ether oxygens (including phenoxy) is 2. The van der Waals surface area contributed by atoms with Gasteiger partial charge in [0.1, 0.15) is 6.04 Å². The molecule has 4 aromatic rings. The van der Waals surface area contributed by atoms with Crippen molar-refractivity contribution in [2.75, 3.05) is 11.6 Å². The molecule has 0 saturated carbocycles. The van der Waals surface area contributed by atoms with Crippen LogP contribution in [-0.4, -0.2) is 43.1 Å². The topological polar surface area (TPSA) is 161 Å². The fourth-order valence-corrected chi connectivity index (χ4v) is 5.15. The average molecular weight is 579 g/mol. The molecule has 0 aliphatic carbocycles. The van der Waals surface area contributed by atoms with Crippen molar-refractivity contribution < 1.29 is 32.6 Å². The summed E-state index contributed by atoms with van der Waals surface area (Å²) in [4.78, 5) is 28.7. The summed E-state index contributed by atoms with van der Waals surface area (Å²) >= 11 is 0. The monoisotopic (exact) mass is 578 g/mol. The molecule has 1 amide bonds. The van der Waals surface area contributed by atoms with E-state index in [0.29, 0.717) is 29.4 Å². The van der Waals surface area contributed by atoms with Crippen LogP contribution in [0, 0.1) is 0 Å². The molecule has 0 spiro atoms. The highest BCUT2D eigenvalue weighted by Gasteiger charge is 2.31. The second-order valence-electron chi connectivity index (χ2n) is 9.32. The van der Waals surface area contributed by atoms with Crippen LogP contribution in [0.4, 0.5) is 5.69 Å². The zero-order valence-corrected chi connectivity index (χ0v) is 23.5. The fourth-order valence-electron chi connectivity index (χ4n) is 4.16. The lowest BCUT2D eigenvalue weighted by Crippen LogP contribution is -2.46. The summed E-state index contributed by atoms with van der Waals surface area (Å²) in [5.41, 5.74) is 0.684. The highest BCUT2D eigenvalue weighted by atomic mass is 32.2. The Morgan fingerprint density at radius 1 is 1.00 bits per heavy atom. The predicted octanol–water partition coefficient (Wildman–Crippen LogP) is 4.05.